The minimum absolute atomic E-state index is 0.576. The Morgan fingerprint density at radius 2 is 2.08 bits per heavy atom. The fourth-order valence-electron chi connectivity index (χ4n) is 1.82. The molecule has 1 aromatic carbocycles. The molecule has 1 aliphatic heterocycles. The molecule has 2 unspecified atom stereocenters. The van der Waals surface area contributed by atoms with Gasteiger partial charge in [0, 0.05) is 22.5 Å². The Kier molecular flexibility index (Phi) is 2.24. The predicted molar refractivity (Wildman–Crippen MR) is 59.7 cm³/mol. The topological polar surface area (TPSA) is 12.0 Å². The van der Waals surface area contributed by atoms with Crippen molar-refractivity contribution in [1.29, 1.82) is 0 Å². The van der Waals surface area contributed by atoms with E-state index >= 15 is 0 Å². The molecule has 1 N–H and O–H groups in total. The summed E-state index contributed by atoms with van der Waals surface area (Å²) >= 11 is 1.80. The molecule has 13 heavy (non-hydrogen) atoms. The van der Waals surface area contributed by atoms with E-state index < -0.39 is 0 Å². The van der Waals surface area contributed by atoms with Crippen LogP contribution in [0, 0.1) is 0 Å². The Hall–Kier alpha value is -0.630. The number of thioether (sulfide) groups is 1. The van der Waals surface area contributed by atoms with Gasteiger partial charge in [0.1, 0.15) is 0 Å². The highest BCUT2D eigenvalue weighted by atomic mass is 32.2. The standard InChI is InChI=1S/C11H15NS/c1-7-8(2)12-11-6-9(13-3)4-5-10(7)11/h4-8,12H,1-3H3. The monoisotopic (exact) mass is 193 g/mol. The molecule has 0 saturated heterocycles. The van der Waals surface area contributed by atoms with Crippen LogP contribution in [-0.2, 0) is 0 Å². The van der Waals surface area contributed by atoms with E-state index in [1.54, 1.807) is 11.8 Å². The van der Waals surface area contributed by atoms with Crippen LogP contribution in [0.25, 0.3) is 0 Å². The van der Waals surface area contributed by atoms with E-state index in [2.05, 4.69) is 43.6 Å². The Bertz CT molecular complexity index is 322. The van der Waals surface area contributed by atoms with E-state index in [0.717, 1.165) is 0 Å². The molecule has 1 nitrogen and oxygen atoms in total. The molecule has 2 heteroatoms. The molecule has 1 aromatic rings. The lowest BCUT2D eigenvalue weighted by Crippen LogP contribution is -2.12. The summed E-state index contributed by atoms with van der Waals surface area (Å²) in [5.74, 6) is 0.644. The second-order valence-electron chi connectivity index (χ2n) is 3.67. The molecule has 0 radical (unpaired) electrons. The zero-order valence-electron chi connectivity index (χ0n) is 8.29. The summed E-state index contributed by atoms with van der Waals surface area (Å²) in [6, 6.07) is 7.29. The maximum atomic E-state index is 3.51. The maximum Gasteiger partial charge on any atom is 0.0389 e. The first-order valence-electron chi connectivity index (χ1n) is 4.67. The van der Waals surface area contributed by atoms with E-state index in [-0.39, 0.29) is 0 Å². The van der Waals surface area contributed by atoms with Crippen LogP contribution in [-0.4, -0.2) is 12.3 Å². The SMILES string of the molecule is CSc1ccc2c(c1)NC(C)C2C. The molecule has 2 rings (SSSR count). The van der Waals surface area contributed by atoms with Gasteiger partial charge in [0.25, 0.3) is 0 Å². The van der Waals surface area contributed by atoms with Crippen molar-refractivity contribution in [2.75, 3.05) is 11.6 Å². The average molecular weight is 193 g/mol. The molecule has 0 aromatic heterocycles. The van der Waals surface area contributed by atoms with Crippen LogP contribution >= 0.6 is 11.8 Å². The maximum absolute atomic E-state index is 3.51. The van der Waals surface area contributed by atoms with E-state index in [1.165, 1.54) is 16.1 Å². The van der Waals surface area contributed by atoms with E-state index in [0.29, 0.717) is 12.0 Å². The summed E-state index contributed by atoms with van der Waals surface area (Å²) in [6.07, 6.45) is 2.11. The van der Waals surface area contributed by atoms with Crippen molar-refractivity contribution in [3.05, 3.63) is 23.8 Å². The molecule has 0 bridgehead atoms. The lowest BCUT2D eigenvalue weighted by atomic mass is 9.99. The van der Waals surface area contributed by atoms with Gasteiger partial charge in [-0.2, -0.15) is 0 Å². The van der Waals surface area contributed by atoms with Crippen LogP contribution in [0.15, 0.2) is 23.1 Å². The summed E-state index contributed by atoms with van der Waals surface area (Å²) in [6.45, 7) is 4.52. The molecule has 0 aliphatic carbocycles. The largest absolute Gasteiger partial charge is 0.382 e. The highest BCUT2D eigenvalue weighted by molar-refractivity contribution is 7.98. The quantitative estimate of drug-likeness (QED) is 0.687. The van der Waals surface area contributed by atoms with Crippen molar-refractivity contribution in [2.24, 2.45) is 0 Å². The Balaban J connectivity index is 2.40. The molecule has 0 spiro atoms. The summed E-state index contributed by atoms with van der Waals surface area (Å²) in [7, 11) is 0. The number of hydrogen-bond donors (Lipinski definition) is 1. The summed E-state index contributed by atoms with van der Waals surface area (Å²) in [5, 5.41) is 3.51. The second kappa shape index (κ2) is 3.26. The first-order chi connectivity index (χ1) is 6.22. The minimum atomic E-state index is 0.576. The highest BCUT2D eigenvalue weighted by Gasteiger charge is 2.24. The third-order valence-electron chi connectivity index (χ3n) is 2.88. The van der Waals surface area contributed by atoms with E-state index in [4.69, 9.17) is 0 Å². The molecular formula is C11H15NS. The van der Waals surface area contributed by atoms with Gasteiger partial charge in [-0.05, 0) is 30.9 Å². The number of benzene rings is 1. The molecule has 0 saturated carbocycles. The summed E-state index contributed by atoms with van der Waals surface area (Å²) < 4.78 is 0. The van der Waals surface area contributed by atoms with Crippen LogP contribution in [0.2, 0.25) is 0 Å². The van der Waals surface area contributed by atoms with Gasteiger partial charge in [0.15, 0.2) is 0 Å². The molecule has 2 atom stereocenters. The van der Waals surface area contributed by atoms with Crippen LogP contribution in [0.3, 0.4) is 0 Å². The number of rotatable bonds is 1. The normalized spacial score (nSPS) is 25.5. The Morgan fingerprint density at radius 3 is 2.77 bits per heavy atom. The van der Waals surface area contributed by atoms with Gasteiger partial charge in [-0.15, -0.1) is 11.8 Å². The minimum Gasteiger partial charge on any atom is -0.382 e. The fourth-order valence-corrected chi connectivity index (χ4v) is 2.26. The predicted octanol–water partition coefficient (Wildman–Crippen LogP) is 3.33. The second-order valence-corrected chi connectivity index (χ2v) is 4.55. The van der Waals surface area contributed by atoms with Crippen LogP contribution in [0.1, 0.15) is 25.3 Å². The van der Waals surface area contributed by atoms with Crippen molar-refractivity contribution >= 4 is 17.4 Å². The summed E-state index contributed by atoms with van der Waals surface area (Å²) in [4.78, 5) is 1.34. The van der Waals surface area contributed by atoms with E-state index in [1.807, 2.05) is 0 Å². The third-order valence-corrected chi connectivity index (χ3v) is 3.61. The van der Waals surface area contributed by atoms with Gasteiger partial charge in [-0.3, -0.25) is 0 Å². The Morgan fingerprint density at radius 1 is 1.31 bits per heavy atom. The fraction of sp³-hybridized carbons (Fsp3) is 0.455. The first kappa shape index (κ1) is 8.95. The van der Waals surface area contributed by atoms with Crippen LogP contribution in [0.4, 0.5) is 5.69 Å². The van der Waals surface area contributed by atoms with Crippen LogP contribution < -0.4 is 5.32 Å². The van der Waals surface area contributed by atoms with Crippen molar-refractivity contribution in [3.63, 3.8) is 0 Å². The lowest BCUT2D eigenvalue weighted by Gasteiger charge is -2.08. The van der Waals surface area contributed by atoms with E-state index in [9.17, 15) is 0 Å². The smallest absolute Gasteiger partial charge is 0.0389 e. The van der Waals surface area contributed by atoms with Gasteiger partial charge in [-0.25, -0.2) is 0 Å². The average Bonchev–Trinajstić information content (AvgIpc) is 2.42. The first-order valence-corrected chi connectivity index (χ1v) is 5.89. The lowest BCUT2D eigenvalue weighted by molar-refractivity contribution is 0.690. The third kappa shape index (κ3) is 1.44. The molecule has 0 fully saturated rings. The number of hydrogen-bond acceptors (Lipinski definition) is 2. The van der Waals surface area contributed by atoms with Gasteiger partial charge in [-0.1, -0.05) is 13.0 Å². The molecule has 1 heterocycles. The molecule has 1 aliphatic rings. The molecular weight excluding hydrogens is 178 g/mol. The molecule has 70 valence electrons. The summed E-state index contributed by atoms with van der Waals surface area (Å²) in [5.41, 5.74) is 2.79. The van der Waals surface area contributed by atoms with Crippen molar-refractivity contribution in [3.8, 4) is 0 Å². The number of nitrogens with one attached hydrogen (secondary N) is 1. The zero-order valence-corrected chi connectivity index (χ0v) is 9.11. The van der Waals surface area contributed by atoms with Crippen LogP contribution in [0.5, 0.6) is 0 Å². The van der Waals surface area contributed by atoms with Gasteiger partial charge < -0.3 is 5.32 Å². The van der Waals surface area contributed by atoms with Crippen molar-refractivity contribution in [2.45, 2.75) is 30.7 Å². The van der Waals surface area contributed by atoms with Gasteiger partial charge in [0.2, 0.25) is 0 Å². The number of fused-ring (bicyclic) bond motifs is 1. The van der Waals surface area contributed by atoms with Crippen molar-refractivity contribution in [1.82, 2.24) is 0 Å². The highest BCUT2D eigenvalue weighted by Crippen LogP contribution is 2.37. The Labute approximate surface area is 83.9 Å². The number of anilines is 1. The zero-order chi connectivity index (χ0) is 9.42. The van der Waals surface area contributed by atoms with Gasteiger partial charge >= 0.3 is 0 Å². The van der Waals surface area contributed by atoms with Crippen molar-refractivity contribution < 1.29 is 0 Å². The van der Waals surface area contributed by atoms with Gasteiger partial charge in [0.05, 0.1) is 0 Å². The molecule has 0 amide bonds.